The van der Waals surface area contributed by atoms with Gasteiger partial charge in [-0.25, -0.2) is 14.1 Å². The number of carbonyl (C=O) groups is 3. The van der Waals surface area contributed by atoms with Gasteiger partial charge in [-0.05, 0) is 77.6 Å². The number of anilines is 1. The van der Waals surface area contributed by atoms with Crippen LogP contribution in [0.15, 0.2) is 72.3 Å². The van der Waals surface area contributed by atoms with Crippen molar-refractivity contribution in [2.75, 3.05) is 4.90 Å². The minimum Gasteiger partial charge on any atom is -0.273 e. The van der Waals surface area contributed by atoms with E-state index in [4.69, 9.17) is 11.6 Å². The van der Waals surface area contributed by atoms with E-state index in [1.165, 1.54) is 18.2 Å². The first-order valence-electron chi connectivity index (χ1n) is 10.4. The summed E-state index contributed by atoms with van der Waals surface area (Å²) >= 11 is 6.17. The topological polar surface area (TPSA) is 66.5 Å². The van der Waals surface area contributed by atoms with Crippen molar-refractivity contribution in [1.82, 2.24) is 5.32 Å². The van der Waals surface area contributed by atoms with Crippen LogP contribution in [-0.4, -0.2) is 17.8 Å². The van der Waals surface area contributed by atoms with Crippen LogP contribution in [0, 0.1) is 5.82 Å². The summed E-state index contributed by atoms with van der Waals surface area (Å²) in [6.07, 6.45) is 2.59. The zero-order valence-corrected chi connectivity index (χ0v) is 18.5. The number of nitrogens with one attached hydrogen (secondary N) is 1. The maximum absolute atomic E-state index is 13.6. The van der Waals surface area contributed by atoms with Gasteiger partial charge in [0.1, 0.15) is 11.4 Å². The lowest BCUT2D eigenvalue weighted by Gasteiger charge is -2.26. The molecule has 1 N–H and O–H groups in total. The molecule has 1 aliphatic heterocycles. The Balaban J connectivity index is 1.72. The van der Waals surface area contributed by atoms with Crippen LogP contribution in [0.3, 0.4) is 0 Å². The lowest BCUT2D eigenvalue weighted by molar-refractivity contribution is -0.122. The van der Waals surface area contributed by atoms with E-state index in [1.54, 1.807) is 42.5 Å². The third-order valence-electron chi connectivity index (χ3n) is 5.40. The Morgan fingerprint density at radius 1 is 0.970 bits per heavy atom. The first-order valence-corrected chi connectivity index (χ1v) is 10.8. The SMILES string of the molecule is CCc1ccc(N2C(=O)NC(=O)/C(=C\c3cc(Cl)ccc3Cc3cccc(F)c3)C2=O)cc1. The summed E-state index contributed by atoms with van der Waals surface area (Å²) in [5.74, 6) is -1.88. The Bertz CT molecular complexity index is 1280. The molecule has 0 atom stereocenters. The highest BCUT2D eigenvalue weighted by Gasteiger charge is 2.36. The van der Waals surface area contributed by atoms with Gasteiger partial charge in [-0.1, -0.05) is 48.9 Å². The highest BCUT2D eigenvalue weighted by atomic mass is 35.5. The van der Waals surface area contributed by atoms with E-state index in [-0.39, 0.29) is 11.4 Å². The summed E-state index contributed by atoms with van der Waals surface area (Å²) < 4.78 is 13.6. The maximum Gasteiger partial charge on any atom is 0.335 e. The Labute approximate surface area is 195 Å². The van der Waals surface area contributed by atoms with Gasteiger partial charge in [0, 0.05) is 5.02 Å². The molecule has 0 saturated carbocycles. The molecule has 33 heavy (non-hydrogen) atoms. The van der Waals surface area contributed by atoms with Crippen LogP contribution < -0.4 is 10.2 Å². The summed E-state index contributed by atoms with van der Waals surface area (Å²) in [4.78, 5) is 39.1. The van der Waals surface area contributed by atoms with E-state index < -0.39 is 17.8 Å². The second kappa shape index (κ2) is 9.38. The van der Waals surface area contributed by atoms with Gasteiger partial charge in [0.05, 0.1) is 5.69 Å². The van der Waals surface area contributed by atoms with Crippen molar-refractivity contribution < 1.29 is 18.8 Å². The highest BCUT2D eigenvalue weighted by molar-refractivity contribution is 6.39. The van der Waals surface area contributed by atoms with Gasteiger partial charge in [-0.15, -0.1) is 0 Å². The molecule has 0 unspecified atom stereocenters. The number of aryl methyl sites for hydroxylation is 1. The number of urea groups is 1. The van der Waals surface area contributed by atoms with Crippen molar-refractivity contribution in [3.05, 3.63) is 105 Å². The van der Waals surface area contributed by atoms with Crippen molar-refractivity contribution >= 4 is 41.2 Å². The first kappa shape index (κ1) is 22.4. The largest absolute Gasteiger partial charge is 0.335 e. The number of amides is 4. The normalized spacial score (nSPS) is 15.2. The summed E-state index contributed by atoms with van der Waals surface area (Å²) in [7, 11) is 0. The molecular formula is C26H20ClFN2O3. The fraction of sp³-hybridized carbons (Fsp3) is 0.115. The molecule has 1 aliphatic rings. The highest BCUT2D eigenvalue weighted by Crippen LogP contribution is 2.26. The molecule has 0 bridgehead atoms. The molecule has 7 heteroatoms. The number of carbonyl (C=O) groups excluding carboxylic acids is 3. The fourth-order valence-electron chi connectivity index (χ4n) is 3.66. The molecule has 0 radical (unpaired) electrons. The second-order valence-corrected chi connectivity index (χ2v) is 8.06. The van der Waals surface area contributed by atoms with Crippen LogP contribution in [0.5, 0.6) is 0 Å². The number of nitrogens with zero attached hydrogens (tertiary/aromatic N) is 1. The molecule has 1 heterocycles. The Morgan fingerprint density at radius 3 is 2.42 bits per heavy atom. The molecule has 0 aromatic heterocycles. The number of imide groups is 2. The zero-order valence-electron chi connectivity index (χ0n) is 17.8. The predicted octanol–water partition coefficient (Wildman–Crippen LogP) is 5.30. The van der Waals surface area contributed by atoms with Crippen molar-refractivity contribution in [1.29, 1.82) is 0 Å². The fourth-order valence-corrected chi connectivity index (χ4v) is 3.84. The van der Waals surface area contributed by atoms with Gasteiger partial charge >= 0.3 is 6.03 Å². The Morgan fingerprint density at radius 2 is 1.73 bits per heavy atom. The van der Waals surface area contributed by atoms with Crippen LogP contribution in [0.4, 0.5) is 14.9 Å². The number of halogens is 2. The van der Waals surface area contributed by atoms with Crippen LogP contribution >= 0.6 is 11.6 Å². The molecule has 3 aromatic carbocycles. The van der Waals surface area contributed by atoms with E-state index >= 15 is 0 Å². The van der Waals surface area contributed by atoms with E-state index in [0.717, 1.165) is 28.0 Å². The standard InChI is InChI=1S/C26H20ClFN2O3/c1-2-16-6-10-22(11-7-16)30-25(32)23(24(31)29-26(30)33)15-19-14-20(27)9-8-18(19)12-17-4-3-5-21(28)13-17/h3-11,13-15H,2,12H2,1H3,(H,29,31,33)/b23-15+. The van der Waals surface area contributed by atoms with E-state index in [2.05, 4.69) is 5.32 Å². The van der Waals surface area contributed by atoms with Gasteiger partial charge in [0.25, 0.3) is 11.8 Å². The minimum atomic E-state index is -0.808. The molecule has 1 fully saturated rings. The lowest BCUT2D eigenvalue weighted by atomic mass is 9.97. The Hall–Kier alpha value is -3.77. The molecule has 4 rings (SSSR count). The zero-order chi connectivity index (χ0) is 23.5. The molecule has 1 saturated heterocycles. The van der Waals surface area contributed by atoms with Crippen LogP contribution in [0.1, 0.15) is 29.2 Å². The van der Waals surface area contributed by atoms with Crippen LogP contribution in [0.25, 0.3) is 6.08 Å². The van der Waals surface area contributed by atoms with E-state index in [9.17, 15) is 18.8 Å². The van der Waals surface area contributed by atoms with Crippen LogP contribution in [0.2, 0.25) is 5.02 Å². The van der Waals surface area contributed by atoms with Gasteiger partial charge in [0.2, 0.25) is 0 Å². The van der Waals surface area contributed by atoms with Crippen molar-refractivity contribution in [3.63, 3.8) is 0 Å². The second-order valence-electron chi connectivity index (χ2n) is 7.63. The van der Waals surface area contributed by atoms with E-state index in [1.807, 2.05) is 19.1 Å². The Kier molecular flexibility index (Phi) is 6.38. The number of barbiturate groups is 1. The summed E-state index contributed by atoms with van der Waals surface area (Å²) in [5.41, 5.74) is 3.21. The minimum absolute atomic E-state index is 0.197. The molecule has 0 spiro atoms. The number of benzene rings is 3. The van der Waals surface area contributed by atoms with Gasteiger partial charge in [-0.2, -0.15) is 0 Å². The number of hydrogen-bond donors (Lipinski definition) is 1. The smallest absolute Gasteiger partial charge is 0.273 e. The molecule has 0 aliphatic carbocycles. The molecule has 5 nitrogen and oxygen atoms in total. The van der Waals surface area contributed by atoms with Crippen LogP contribution in [-0.2, 0) is 22.4 Å². The van der Waals surface area contributed by atoms with Gasteiger partial charge in [-0.3, -0.25) is 14.9 Å². The maximum atomic E-state index is 13.6. The summed E-state index contributed by atoms with van der Waals surface area (Å²) in [5, 5.41) is 2.64. The third-order valence-corrected chi connectivity index (χ3v) is 5.63. The predicted molar refractivity (Wildman–Crippen MR) is 125 cm³/mol. The quantitative estimate of drug-likeness (QED) is 0.413. The van der Waals surface area contributed by atoms with Crippen molar-refractivity contribution in [2.45, 2.75) is 19.8 Å². The summed E-state index contributed by atoms with van der Waals surface area (Å²) in [6.45, 7) is 2.00. The van der Waals surface area contributed by atoms with Gasteiger partial charge < -0.3 is 0 Å². The molecule has 3 aromatic rings. The van der Waals surface area contributed by atoms with E-state index in [0.29, 0.717) is 22.7 Å². The molecular weight excluding hydrogens is 443 g/mol. The molecule has 4 amide bonds. The average molecular weight is 463 g/mol. The molecule has 166 valence electrons. The summed E-state index contributed by atoms with van der Waals surface area (Å²) in [6, 6.07) is 17.4. The van der Waals surface area contributed by atoms with Crippen molar-refractivity contribution in [2.24, 2.45) is 0 Å². The average Bonchev–Trinajstić information content (AvgIpc) is 2.78. The number of hydrogen-bond acceptors (Lipinski definition) is 3. The van der Waals surface area contributed by atoms with Gasteiger partial charge in [0.15, 0.2) is 0 Å². The van der Waals surface area contributed by atoms with Crippen molar-refractivity contribution in [3.8, 4) is 0 Å². The monoisotopic (exact) mass is 462 g/mol. The lowest BCUT2D eigenvalue weighted by Crippen LogP contribution is -2.54. The number of rotatable bonds is 5. The first-order chi connectivity index (χ1) is 15.9. The third kappa shape index (κ3) is 4.86.